The van der Waals surface area contributed by atoms with Crippen LogP contribution >= 0.6 is 0 Å². The maximum atomic E-state index is 11.3. The van der Waals surface area contributed by atoms with Crippen molar-refractivity contribution in [1.29, 1.82) is 0 Å². The van der Waals surface area contributed by atoms with E-state index in [1.807, 2.05) is 6.07 Å². The van der Waals surface area contributed by atoms with E-state index in [9.17, 15) is 9.59 Å². The zero-order chi connectivity index (χ0) is 10.4. The first-order valence-electron chi connectivity index (χ1n) is 4.18. The van der Waals surface area contributed by atoms with Gasteiger partial charge in [0.25, 0.3) is 0 Å². The lowest BCUT2D eigenvalue weighted by Gasteiger charge is -1.92. The van der Waals surface area contributed by atoms with Crippen LogP contribution in [0.1, 0.15) is 16.8 Å². The SMILES string of the molecule is O=C(O)CC=CC(=O)c1ccccc1. The third-order valence-electron chi connectivity index (χ3n) is 1.62. The van der Waals surface area contributed by atoms with Crippen LogP contribution in [-0.2, 0) is 4.79 Å². The molecule has 0 saturated heterocycles. The Balaban J connectivity index is 2.59. The largest absolute Gasteiger partial charge is 0.481 e. The molecule has 0 bridgehead atoms. The number of benzene rings is 1. The fourth-order valence-electron chi connectivity index (χ4n) is 0.965. The minimum Gasteiger partial charge on any atom is -0.481 e. The molecule has 1 N–H and O–H groups in total. The van der Waals surface area contributed by atoms with Gasteiger partial charge in [-0.1, -0.05) is 36.4 Å². The molecule has 0 aliphatic rings. The minimum absolute atomic E-state index is 0.126. The van der Waals surface area contributed by atoms with Crippen molar-refractivity contribution in [3.05, 3.63) is 48.0 Å². The van der Waals surface area contributed by atoms with Gasteiger partial charge in [0.1, 0.15) is 0 Å². The molecule has 3 nitrogen and oxygen atoms in total. The summed E-state index contributed by atoms with van der Waals surface area (Å²) in [6.07, 6.45) is 2.50. The van der Waals surface area contributed by atoms with Crippen molar-refractivity contribution in [2.45, 2.75) is 6.42 Å². The summed E-state index contributed by atoms with van der Waals surface area (Å²) in [5.41, 5.74) is 0.564. The third-order valence-corrected chi connectivity index (χ3v) is 1.62. The topological polar surface area (TPSA) is 54.4 Å². The van der Waals surface area contributed by atoms with E-state index >= 15 is 0 Å². The van der Waals surface area contributed by atoms with Gasteiger partial charge >= 0.3 is 5.97 Å². The van der Waals surface area contributed by atoms with Gasteiger partial charge in [0.15, 0.2) is 5.78 Å². The van der Waals surface area contributed by atoms with Crippen molar-refractivity contribution >= 4 is 11.8 Å². The van der Waals surface area contributed by atoms with Crippen LogP contribution in [0.4, 0.5) is 0 Å². The Kier molecular flexibility index (Phi) is 3.61. The van der Waals surface area contributed by atoms with Crippen molar-refractivity contribution in [2.75, 3.05) is 0 Å². The van der Waals surface area contributed by atoms with Gasteiger partial charge in [-0.15, -0.1) is 0 Å². The molecule has 0 amide bonds. The summed E-state index contributed by atoms with van der Waals surface area (Å²) in [5.74, 6) is -1.12. The molecular formula is C11H10O3. The summed E-state index contributed by atoms with van der Waals surface area (Å²) in [6.45, 7) is 0. The zero-order valence-corrected chi connectivity index (χ0v) is 7.51. The van der Waals surface area contributed by atoms with Gasteiger partial charge in [0, 0.05) is 5.56 Å². The number of carboxylic acid groups (broad SMARTS) is 1. The summed E-state index contributed by atoms with van der Waals surface area (Å²) in [5, 5.41) is 8.33. The first kappa shape index (κ1) is 10.2. The van der Waals surface area contributed by atoms with Crippen LogP contribution in [0, 0.1) is 0 Å². The number of carbonyl (C=O) groups excluding carboxylic acids is 1. The van der Waals surface area contributed by atoms with E-state index in [1.54, 1.807) is 24.3 Å². The highest BCUT2D eigenvalue weighted by Crippen LogP contribution is 2.00. The van der Waals surface area contributed by atoms with Gasteiger partial charge in [0.2, 0.25) is 0 Å². The van der Waals surface area contributed by atoms with Gasteiger partial charge < -0.3 is 5.11 Å². The van der Waals surface area contributed by atoms with Gasteiger partial charge in [-0.2, -0.15) is 0 Å². The summed E-state index contributed by atoms with van der Waals surface area (Å²) in [4.78, 5) is 21.5. The molecule has 1 rings (SSSR count). The minimum atomic E-state index is -0.942. The second-order valence-electron chi connectivity index (χ2n) is 2.73. The number of allylic oxidation sites excluding steroid dienone is 1. The number of ketones is 1. The van der Waals surface area contributed by atoms with E-state index in [1.165, 1.54) is 12.2 Å². The first-order chi connectivity index (χ1) is 6.70. The Morgan fingerprint density at radius 2 is 1.86 bits per heavy atom. The molecule has 1 aromatic rings. The van der Waals surface area contributed by atoms with Crippen LogP contribution in [0.2, 0.25) is 0 Å². The molecule has 1 aromatic carbocycles. The molecule has 14 heavy (non-hydrogen) atoms. The second kappa shape index (κ2) is 4.97. The van der Waals surface area contributed by atoms with Crippen molar-refractivity contribution < 1.29 is 14.7 Å². The molecule has 0 atom stereocenters. The quantitative estimate of drug-likeness (QED) is 0.582. The Morgan fingerprint density at radius 3 is 2.43 bits per heavy atom. The van der Waals surface area contributed by atoms with E-state index in [4.69, 9.17) is 5.11 Å². The molecule has 3 heteroatoms. The monoisotopic (exact) mass is 190 g/mol. The third kappa shape index (κ3) is 3.23. The summed E-state index contributed by atoms with van der Waals surface area (Å²) >= 11 is 0. The smallest absolute Gasteiger partial charge is 0.307 e. The molecule has 0 saturated carbocycles. The van der Waals surface area contributed by atoms with E-state index < -0.39 is 5.97 Å². The zero-order valence-electron chi connectivity index (χ0n) is 7.51. The predicted molar refractivity (Wildman–Crippen MR) is 52.2 cm³/mol. The number of carboxylic acids is 1. The molecule has 0 aliphatic carbocycles. The lowest BCUT2D eigenvalue weighted by Crippen LogP contribution is -1.95. The standard InChI is InChI=1S/C11H10O3/c12-10(7-4-8-11(13)14)9-5-2-1-3-6-9/h1-7H,8H2,(H,13,14). The van der Waals surface area contributed by atoms with Crippen LogP contribution in [-0.4, -0.2) is 16.9 Å². The van der Waals surface area contributed by atoms with Crippen LogP contribution in [0.3, 0.4) is 0 Å². The molecular weight excluding hydrogens is 180 g/mol. The fourth-order valence-corrected chi connectivity index (χ4v) is 0.965. The lowest BCUT2D eigenvalue weighted by molar-refractivity contribution is -0.135. The van der Waals surface area contributed by atoms with E-state index in [-0.39, 0.29) is 12.2 Å². The van der Waals surface area contributed by atoms with Gasteiger partial charge in [-0.05, 0) is 6.08 Å². The van der Waals surface area contributed by atoms with Crippen LogP contribution in [0.5, 0.6) is 0 Å². The normalized spacial score (nSPS) is 10.3. The Labute approximate surface area is 81.7 Å². The van der Waals surface area contributed by atoms with Crippen molar-refractivity contribution in [3.8, 4) is 0 Å². The summed E-state index contributed by atoms with van der Waals surface area (Å²) in [6, 6.07) is 8.72. The Bertz CT molecular complexity index is 352. The lowest BCUT2D eigenvalue weighted by atomic mass is 10.1. The molecule has 0 spiro atoms. The van der Waals surface area contributed by atoms with Crippen molar-refractivity contribution in [2.24, 2.45) is 0 Å². The fraction of sp³-hybridized carbons (Fsp3) is 0.0909. The number of rotatable bonds is 4. The summed E-state index contributed by atoms with van der Waals surface area (Å²) < 4.78 is 0. The van der Waals surface area contributed by atoms with E-state index in [2.05, 4.69) is 0 Å². The molecule has 0 aromatic heterocycles. The number of aliphatic carboxylic acids is 1. The van der Waals surface area contributed by atoms with Crippen LogP contribution in [0.15, 0.2) is 42.5 Å². The number of hydrogen-bond donors (Lipinski definition) is 1. The first-order valence-corrected chi connectivity index (χ1v) is 4.18. The molecule has 0 aliphatic heterocycles. The number of carbonyl (C=O) groups is 2. The molecule has 0 fully saturated rings. The molecule has 0 unspecified atom stereocenters. The van der Waals surface area contributed by atoms with E-state index in [0.29, 0.717) is 5.56 Å². The summed E-state index contributed by atoms with van der Waals surface area (Å²) in [7, 11) is 0. The second-order valence-corrected chi connectivity index (χ2v) is 2.73. The predicted octanol–water partition coefficient (Wildman–Crippen LogP) is 1.90. The highest BCUT2D eigenvalue weighted by Gasteiger charge is 1.99. The van der Waals surface area contributed by atoms with Crippen molar-refractivity contribution in [3.63, 3.8) is 0 Å². The van der Waals surface area contributed by atoms with Gasteiger partial charge in [-0.25, -0.2) is 0 Å². The Morgan fingerprint density at radius 1 is 1.21 bits per heavy atom. The maximum Gasteiger partial charge on any atom is 0.307 e. The maximum absolute atomic E-state index is 11.3. The highest BCUT2D eigenvalue weighted by atomic mass is 16.4. The molecule has 72 valence electrons. The average molecular weight is 190 g/mol. The van der Waals surface area contributed by atoms with Crippen molar-refractivity contribution in [1.82, 2.24) is 0 Å². The average Bonchev–Trinajstić information content (AvgIpc) is 2.18. The van der Waals surface area contributed by atoms with Crippen LogP contribution in [0.25, 0.3) is 0 Å². The van der Waals surface area contributed by atoms with Crippen LogP contribution < -0.4 is 0 Å². The molecule has 0 heterocycles. The van der Waals surface area contributed by atoms with Gasteiger partial charge in [-0.3, -0.25) is 9.59 Å². The Hall–Kier alpha value is -1.90. The highest BCUT2D eigenvalue weighted by molar-refractivity contribution is 6.04. The van der Waals surface area contributed by atoms with Gasteiger partial charge in [0.05, 0.1) is 6.42 Å². The molecule has 0 radical (unpaired) electrons. The number of hydrogen-bond acceptors (Lipinski definition) is 2. The van der Waals surface area contributed by atoms with E-state index in [0.717, 1.165) is 0 Å².